The van der Waals surface area contributed by atoms with Crippen LogP contribution in [0.4, 0.5) is 0 Å². The van der Waals surface area contributed by atoms with Crippen LogP contribution in [0.15, 0.2) is 186 Å². The third-order valence-electron chi connectivity index (χ3n) is 27.6. The summed E-state index contributed by atoms with van der Waals surface area (Å²) in [4.78, 5) is 25.7. The first-order chi connectivity index (χ1) is 62.4. The zero-order chi connectivity index (χ0) is 92.1. The third kappa shape index (κ3) is 31.8. The maximum absolute atomic E-state index is 12.8. The topological polar surface area (TPSA) is 250 Å². The van der Waals surface area contributed by atoms with Crippen molar-refractivity contribution in [2.24, 2.45) is 0 Å². The van der Waals surface area contributed by atoms with E-state index in [1.807, 2.05) is 30.3 Å². The molecule has 15 rings (SSSR count). The molecule has 10 aliphatic heterocycles. The number of nitrogens with zero attached hydrogens (tertiary/aromatic N) is 10. The van der Waals surface area contributed by atoms with Crippen molar-refractivity contribution in [1.29, 1.82) is 0 Å². The van der Waals surface area contributed by atoms with Gasteiger partial charge in [0.15, 0.2) is 0 Å². The quantitative estimate of drug-likeness (QED) is 0.0169. The fraction of sp³-hybridized carbons (Fsp3) is 0.616. The van der Waals surface area contributed by atoms with Gasteiger partial charge in [-0.3, -0.25) is 24.5 Å². The minimum atomic E-state index is -3.38. The molecule has 10 heterocycles. The molecule has 10 fully saturated rings. The Balaban J connectivity index is 0.000000181. The van der Waals surface area contributed by atoms with Gasteiger partial charge in [-0.25, -0.2) is 42.1 Å². The fourth-order valence-corrected chi connectivity index (χ4v) is 28.4. The van der Waals surface area contributed by atoms with Crippen LogP contribution in [0.1, 0.15) is 212 Å². The van der Waals surface area contributed by atoms with E-state index in [1.54, 1.807) is 143 Å². The molecule has 5 aromatic carbocycles. The van der Waals surface area contributed by atoms with Gasteiger partial charge in [-0.2, -0.15) is 27.9 Å². The van der Waals surface area contributed by atoms with Crippen molar-refractivity contribution < 1.29 is 75.6 Å². The summed E-state index contributed by atoms with van der Waals surface area (Å²) in [5.74, 6) is 5.33. The molecule has 23 nitrogen and oxygen atoms in total. The summed E-state index contributed by atoms with van der Waals surface area (Å²) >= 11 is 6.91. The number of rotatable bonds is 27. The monoisotopic (exact) mass is 2010 g/mol. The van der Waals surface area contributed by atoms with E-state index in [0.717, 1.165) is 152 Å². The average molecular weight is 2010 g/mol. The van der Waals surface area contributed by atoms with Gasteiger partial charge >= 0.3 is 18.9 Å². The SMILES string of the molecule is C#CCC1CCCCN1C1CCN(S(=O)(=O)c2ccccc2)CC1.C#CCOCCC1CCCCN1C1CCN(S(=O)(=O)c2ccccc2)CC1.O=CCC1CCCCN1C1CCN(S(=O)(=O)c2ccccc2)CC1.O=S(=O)(c1ccccc1)N1CCC(N2CCCCC2CC=C(Br)Br)CC1.O=S(=O)(c1ccccc1)N1CCC(N2CCCCC2CCO)CC1.[CH2-]CCC.[Li+]. The summed E-state index contributed by atoms with van der Waals surface area (Å²) in [6.45, 7) is 18.4. The predicted molar refractivity (Wildman–Crippen MR) is 524 cm³/mol. The van der Waals surface area contributed by atoms with Gasteiger partial charge in [-0.15, -0.1) is 18.8 Å². The van der Waals surface area contributed by atoms with Gasteiger partial charge < -0.3 is 21.6 Å². The van der Waals surface area contributed by atoms with Crippen molar-refractivity contribution in [3.05, 3.63) is 168 Å². The molecule has 0 spiro atoms. The number of sulfonamides is 5. The molecule has 31 heteroatoms. The van der Waals surface area contributed by atoms with Crippen molar-refractivity contribution in [3.63, 3.8) is 0 Å². The number of halogens is 2. The molecule has 0 amide bonds. The predicted octanol–water partition coefficient (Wildman–Crippen LogP) is 13.2. The Hall–Kier alpha value is -4.54. The smallest absolute Gasteiger partial charge is 0.396 e. The van der Waals surface area contributed by atoms with Crippen LogP contribution in [-0.4, -0.2) is 278 Å². The standard InChI is InChI=1S/C21H30N2O3S.C19H26Br2N2O2S.C19H26N2O2S.C18H28N2O3S.C18H26N2O3S.C4H9.Li/c1-2-17-26-18-13-19-8-6-7-14-23(19)20-11-15-22(16-12-20)27(24,25)21-9-4-3-5-10-21;20-19(21)10-9-16-6-4-5-13-23(16)17-11-14-22(15-12-17)26(24,25)18-7-2-1-3-8-18;1-2-8-17-9-6-7-14-21(17)18-12-15-20(16-13-18)24(22,23)19-10-4-3-5-11-19;2*21-15-11-16-6-4-5-12-20(16)17-9-13-19(14-10-17)24(22,23)18-7-2-1-3-8-18;1-3-4-2;/h1,3-5,9-10,19-20H,6-8,11-18H2;1-3,7-8,10,16-17H,4-6,9,11-15H2;1,3-5,10-11,17-18H,6-9,12-16H2;1-3,7-8,16-17,21H,4-6,9-15H2;1-3,7-8,15-17H,4-6,9-14H2;1,3-4H2,2H3;/q;;;;;-1;+1. The molecule has 0 bridgehead atoms. The molecule has 0 saturated carbocycles. The molecule has 10 aliphatic rings. The molecule has 0 aromatic heterocycles. The largest absolute Gasteiger partial charge is 1.00 e. The Kier molecular flexibility index (Phi) is 47.3. The Labute approximate surface area is 811 Å². The number of benzene rings is 5. The number of hydrogen-bond donors (Lipinski definition) is 1. The molecular weight excluding hydrogens is 1860 g/mol. The molecule has 10 saturated heterocycles. The number of aldehydes is 1. The second-order valence-electron chi connectivity index (χ2n) is 35.6. The zero-order valence-corrected chi connectivity index (χ0v) is 84.4. The van der Waals surface area contributed by atoms with Crippen molar-refractivity contribution in [2.45, 2.75) is 297 Å². The Morgan fingerprint density at radius 1 is 0.377 bits per heavy atom. The normalized spacial score (nSPS) is 23.5. The number of unbranched alkanes of at least 4 members (excludes halogenated alkanes) is 1. The molecule has 5 unspecified atom stereocenters. The van der Waals surface area contributed by atoms with Gasteiger partial charge in [0.05, 0.1) is 27.9 Å². The molecule has 714 valence electrons. The number of carbonyl (C=O) groups is 1. The van der Waals surface area contributed by atoms with E-state index < -0.39 is 50.1 Å². The van der Waals surface area contributed by atoms with Crippen LogP contribution in [-0.2, 0) is 59.6 Å². The van der Waals surface area contributed by atoms with Crippen LogP contribution < -0.4 is 18.9 Å². The number of piperidine rings is 10. The van der Waals surface area contributed by atoms with Crippen LogP contribution in [0.5, 0.6) is 0 Å². The number of aliphatic hydroxyl groups is 1. The van der Waals surface area contributed by atoms with Gasteiger partial charge in [-0.1, -0.05) is 148 Å². The summed E-state index contributed by atoms with van der Waals surface area (Å²) in [6.07, 6.45) is 47.6. The number of aliphatic hydroxyl groups excluding tert-OH is 1. The Morgan fingerprint density at radius 2 is 0.623 bits per heavy atom. The first-order valence-electron chi connectivity index (χ1n) is 47.7. The van der Waals surface area contributed by atoms with E-state index in [0.29, 0.717) is 170 Å². The van der Waals surface area contributed by atoms with E-state index in [9.17, 15) is 52.0 Å². The van der Waals surface area contributed by atoms with E-state index in [1.165, 1.54) is 89.9 Å². The minimum Gasteiger partial charge on any atom is -0.396 e. The summed E-state index contributed by atoms with van der Waals surface area (Å²) in [6, 6.07) is 48.3. The summed E-state index contributed by atoms with van der Waals surface area (Å²) in [5, 5.41) is 9.30. The molecule has 5 aromatic rings. The van der Waals surface area contributed by atoms with Gasteiger partial charge in [0.1, 0.15) is 12.9 Å². The van der Waals surface area contributed by atoms with Gasteiger partial charge in [-0.05, 0) is 273 Å². The van der Waals surface area contributed by atoms with Crippen LogP contribution >= 0.6 is 31.9 Å². The Morgan fingerprint density at radius 3 is 0.869 bits per heavy atom. The molecule has 0 aliphatic carbocycles. The van der Waals surface area contributed by atoms with Gasteiger partial charge in [0.2, 0.25) is 50.1 Å². The number of likely N-dealkylation sites (tertiary alicyclic amines) is 5. The van der Waals surface area contributed by atoms with Crippen LogP contribution in [0, 0.1) is 31.6 Å². The number of terminal acetylenes is 2. The zero-order valence-electron chi connectivity index (χ0n) is 77.2. The molecule has 5 atom stereocenters. The van der Waals surface area contributed by atoms with Crippen molar-refractivity contribution in [2.75, 3.05) is 118 Å². The van der Waals surface area contributed by atoms with E-state index in [-0.39, 0.29) is 25.5 Å². The summed E-state index contributed by atoms with van der Waals surface area (Å²) in [7, 11) is -16.8. The molecule has 1 N–H and O–H groups in total. The van der Waals surface area contributed by atoms with E-state index in [2.05, 4.69) is 88.1 Å². The first-order valence-corrected chi connectivity index (χ1v) is 56.5. The van der Waals surface area contributed by atoms with Crippen LogP contribution in [0.3, 0.4) is 0 Å². The van der Waals surface area contributed by atoms with Crippen molar-refractivity contribution in [1.82, 2.24) is 46.0 Å². The van der Waals surface area contributed by atoms with Crippen molar-refractivity contribution in [3.8, 4) is 24.7 Å². The number of carbonyl (C=O) groups excluding carboxylic acids is 1. The van der Waals surface area contributed by atoms with Crippen LogP contribution in [0.25, 0.3) is 0 Å². The van der Waals surface area contributed by atoms with Gasteiger partial charge in [0.25, 0.3) is 0 Å². The molecule has 0 radical (unpaired) electrons. The second-order valence-corrected chi connectivity index (χ2v) is 48.1. The summed E-state index contributed by atoms with van der Waals surface area (Å²) < 4.78 is 142. The molecular formula is C99H145Br2LiN10O13S5. The second kappa shape index (κ2) is 56.4. The van der Waals surface area contributed by atoms with E-state index in [4.69, 9.17) is 17.6 Å². The minimum absolute atomic E-state index is 0. The van der Waals surface area contributed by atoms with E-state index >= 15 is 0 Å². The number of hydrogen-bond acceptors (Lipinski definition) is 18. The van der Waals surface area contributed by atoms with Crippen LogP contribution in [0.2, 0.25) is 0 Å². The maximum Gasteiger partial charge on any atom is 1.00 e. The Bertz CT molecular complexity index is 4800. The summed E-state index contributed by atoms with van der Waals surface area (Å²) in [5.41, 5.74) is 0. The maximum atomic E-state index is 12.8. The number of ether oxygens (including phenoxy) is 1. The third-order valence-corrected chi connectivity index (χ3v) is 37.8. The first kappa shape index (κ1) is 109. The molecule has 130 heavy (non-hydrogen) atoms. The van der Waals surface area contributed by atoms with Crippen molar-refractivity contribution >= 4 is 88.3 Å². The van der Waals surface area contributed by atoms with Gasteiger partial charge in [0, 0.05) is 152 Å². The fourth-order valence-electron chi connectivity index (χ4n) is 20.6. The average Bonchev–Trinajstić information content (AvgIpc) is 0.811.